The first-order chi connectivity index (χ1) is 17.7. The number of carbonyl (C=O) groups excluding carboxylic acids is 1. The Kier molecular flexibility index (Phi) is 7.32. The first-order valence-corrected chi connectivity index (χ1v) is 16.6. The quantitative estimate of drug-likeness (QED) is 0.225. The zero-order valence-corrected chi connectivity index (χ0v) is 23.2. The van der Waals surface area contributed by atoms with E-state index in [9.17, 15) is 4.79 Å². The van der Waals surface area contributed by atoms with E-state index in [0.29, 0.717) is 28.9 Å². The van der Waals surface area contributed by atoms with E-state index in [2.05, 4.69) is 39.9 Å². The Morgan fingerprint density at radius 3 is 2.70 bits per heavy atom. The highest BCUT2D eigenvalue weighted by Crippen LogP contribution is 2.31. The second kappa shape index (κ2) is 10.6. The summed E-state index contributed by atoms with van der Waals surface area (Å²) in [5.41, 5.74) is 3.76. The molecule has 0 saturated carbocycles. The Morgan fingerprint density at radius 2 is 1.92 bits per heavy atom. The van der Waals surface area contributed by atoms with Crippen molar-refractivity contribution < 1.29 is 9.53 Å². The average Bonchev–Trinajstić information content (AvgIpc) is 3.62. The number of hydrogen-bond donors (Lipinski definition) is 1. The van der Waals surface area contributed by atoms with Gasteiger partial charge in [-0.2, -0.15) is 0 Å². The number of hydrogen-bond acceptors (Lipinski definition) is 5. The molecular weight excluding hydrogens is 506 g/mol. The summed E-state index contributed by atoms with van der Waals surface area (Å²) in [7, 11) is -1.11. The van der Waals surface area contributed by atoms with Gasteiger partial charge in [0.15, 0.2) is 0 Å². The molecule has 9 nitrogen and oxygen atoms in total. The molecule has 4 heterocycles. The number of benzene rings is 1. The SMILES string of the molecule is C[Si](C)(C)CCOCn1cnc(-c2cnc3nc(-c4cc(NC(=O)N5CCCC5)ccc4Cl)cn3c2)c1. The van der Waals surface area contributed by atoms with Crippen LogP contribution in [0, 0.1) is 0 Å². The lowest BCUT2D eigenvalue weighted by Gasteiger charge is -2.16. The van der Waals surface area contributed by atoms with Gasteiger partial charge in [-0.05, 0) is 37.1 Å². The summed E-state index contributed by atoms with van der Waals surface area (Å²) >= 11 is 6.51. The van der Waals surface area contributed by atoms with Crippen molar-refractivity contribution in [1.82, 2.24) is 28.8 Å². The number of likely N-dealkylation sites (tertiary alicyclic amines) is 1. The maximum Gasteiger partial charge on any atom is 0.321 e. The Labute approximate surface area is 222 Å². The van der Waals surface area contributed by atoms with Gasteiger partial charge in [0.25, 0.3) is 0 Å². The van der Waals surface area contributed by atoms with Crippen molar-refractivity contribution in [2.24, 2.45) is 0 Å². The maximum absolute atomic E-state index is 12.5. The van der Waals surface area contributed by atoms with E-state index in [1.165, 1.54) is 0 Å². The molecule has 37 heavy (non-hydrogen) atoms. The predicted octanol–water partition coefficient (Wildman–Crippen LogP) is 5.85. The van der Waals surface area contributed by atoms with Crippen LogP contribution in [0.25, 0.3) is 28.3 Å². The lowest BCUT2D eigenvalue weighted by molar-refractivity contribution is 0.0871. The average molecular weight is 538 g/mol. The molecule has 1 fully saturated rings. The number of carbonyl (C=O) groups is 1. The smallest absolute Gasteiger partial charge is 0.321 e. The molecule has 1 saturated heterocycles. The van der Waals surface area contributed by atoms with Gasteiger partial charge < -0.3 is 19.5 Å². The van der Waals surface area contributed by atoms with Crippen molar-refractivity contribution >= 4 is 37.2 Å². The number of imidazole rings is 2. The number of urea groups is 1. The molecule has 11 heteroatoms. The van der Waals surface area contributed by atoms with Crippen molar-refractivity contribution in [1.29, 1.82) is 0 Å². The van der Waals surface area contributed by atoms with Crippen molar-refractivity contribution in [3.8, 4) is 22.5 Å². The highest BCUT2D eigenvalue weighted by Gasteiger charge is 2.19. The van der Waals surface area contributed by atoms with E-state index in [1.807, 2.05) is 38.5 Å². The van der Waals surface area contributed by atoms with Crippen molar-refractivity contribution in [3.05, 3.63) is 54.3 Å². The van der Waals surface area contributed by atoms with Crippen LogP contribution in [0.3, 0.4) is 0 Å². The van der Waals surface area contributed by atoms with Crippen LogP contribution in [0.5, 0.6) is 0 Å². The first-order valence-electron chi connectivity index (χ1n) is 12.6. The molecule has 0 bridgehead atoms. The largest absolute Gasteiger partial charge is 0.361 e. The molecule has 4 aromatic rings. The van der Waals surface area contributed by atoms with Crippen LogP contribution in [0.15, 0.2) is 49.3 Å². The molecule has 5 rings (SSSR count). The lowest BCUT2D eigenvalue weighted by Crippen LogP contribution is -2.32. The third-order valence-electron chi connectivity index (χ3n) is 6.36. The number of nitrogens with one attached hydrogen (secondary N) is 1. The van der Waals surface area contributed by atoms with Crippen LogP contribution in [0.2, 0.25) is 30.7 Å². The van der Waals surface area contributed by atoms with Crippen LogP contribution in [-0.4, -0.2) is 62.6 Å². The fraction of sp³-hybridized carbons (Fsp3) is 0.385. The molecule has 0 unspecified atom stereocenters. The van der Waals surface area contributed by atoms with Gasteiger partial charge in [0, 0.05) is 69.4 Å². The van der Waals surface area contributed by atoms with Crippen LogP contribution < -0.4 is 5.32 Å². The van der Waals surface area contributed by atoms with Gasteiger partial charge in [0.1, 0.15) is 6.73 Å². The monoisotopic (exact) mass is 537 g/mol. The topological polar surface area (TPSA) is 89.6 Å². The molecule has 1 aliphatic heterocycles. The lowest BCUT2D eigenvalue weighted by atomic mass is 10.1. The molecular formula is C26H32ClN7O2Si. The molecule has 1 aliphatic rings. The number of rotatable bonds is 8. The molecule has 194 valence electrons. The number of amides is 2. The number of halogens is 1. The summed E-state index contributed by atoms with van der Waals surface area (Å²) in [4.78, 5) is 28.0. The van der Waals surface area contributed by atoms with Gasteiger partial charge in [-0.3, -0.25) is 4.40 Å². The maximum atomic E-state index is 12.5. The Hall–Kier alpha value is -3.21. The minimum absolute atomic E-state index is 0.0898. The fourth-order valence-electron chi connectivity index (χ4n) is 4.20. The molecule has 0 atom stereocenters. The standard InChI is InChI=1S/C26H32ClN7O2Si/c1-37(2,3)11-10-36-18-32-15-23(29-17-32)19-13-28-25-31-24(16-34(25)14-19)21-12-20(6-7-22(21)27)30-26(35)33-8-4-5-9-33/h6-7,12-17H,4-5,8-11,18H2,1-3H3,(H,30,35). The zero-order chi connectivity index (χ0) is 26.0. The molecule has 3 aromatic heterocycles. The molecule has 1 aromatic carbocycles. The van der Waals surface area contributed by atoms with E-state index < -0.39 is 8.07 Å². The van der Waals surface area contributed by atoms with Crippen molar-refractivity contribution in [2.75, 3.05) is 25.0 Å². The number of aromatic nitrogens is 5. The Bertz CT molecular complexity index is 1410. The van der Waals surface area contributed by atoms with E-state index >= 15 is 0 Å². The molecule has 0 spiro atoms. The van der Waals surface area contributed by atoms with Crippen molar-refractivity contribution in [2.45, 2.75) is 45.3 Å². The third-order valence-corrected chi connectivity index (χ3v) is 8.40. The normalized spacial score (nSPS) is 14.0. The van der Waals surface area contributed by atoms with E-state index in [0.717, 1.165) is 55.4 Å². The number of fused-ring (bicyclic) bond motifs is 1. The van der Waals surface area contributed by atoms with Crippen LogP contribution in [0.4, 0.5) is 10.5 Å². The minimum atomic E-state index is -1.11. The summed E-state index contributed by atoms with van der Waals surface area (Å²) in [5.74, 6) is 0.551. The second-order valence-corrected chi connectivity index (χ2v) is 16.6. The van der Waals surface area contributed by atoms with Gasteiger partial charge in [-0.1, -0.05) is 31.2 Å². The third kappa shape index (κ3) is 6.20. The van der Waals surface area contributed by atoms with Gasteiger partial charge in [0.2, 0.25) is 5.78 Å². The number of anilines is 1. The molecule has 2 amide bonds. The van der Waals surface area contributed by atoms with Crippen LogP contribution in [-0.2, 0) is 11.5 Å². The van der Waals surface area contributed by atoms with Gasteiger partial charge in [-0.15, -0.1) is 0 Å². The fourth-order valence-corrected chi connectivity index (χ4v) is 5.17. The van der Waals surface area contributed by atoms with Gasteiger partial charge in [0.05, 0.1) is 22.7 Å². The summed E-state index contributed by atoms with van der Waals surface area (Å²) in [5, 5.41) is 3.52. The highest BCUT2D eigenvalue weighted by atomic mass is 35.5. The van der Waals surface area contributed by atoms with Crippen LogP contribution >= 0.6 is 11.6 Å². The Balaban J connectivity index is 1.31. The summed E-state index contributed by atoms with van der Waals surface area (Å²) in [6.45, 7) is 9.84. The first kappa shape index (κ1) is 25.4. The summed E-state index contributed by atoms with van der Waals surface area (Å²) in [6, 6.07) is 6.47. The number of ether oxygens (including phenoxy) is 1. The second-order valence-electron chi connectivity index (χ2n) is 10.6. The minimum Gasteiger partial charge on any atom is -0.361 e. The van der Waals surface area contributed by atoms with E-state index in [4.69, 9.17) is 16.3 Å². The number of nitrogens with zero attached hydrogens (tertiary/aromatic N) is 6. The summed E-state index contributed by atoms with van der Waals surface area (Å²) in [6.07, 6.45) is 11.4. The van der Waals surface area contributed by atoms with E-state index in [-0.39, 0.29) is 6.03 Å². The predicted molar refractivity (Wildman–Crippen MR) is 149 cm³/mol. The molecule has 0 radical (unpaired) electrons. The van der Waals surface area contributed by atoms with Gasteiger partial charge >= 0.3 is 6.03 Å². The highest BCUT2D eigenvalue weighted by molar-refractivity contribution is 6.76. The summed E-state index contributed by atoms with van der Waals surface area (Å²) < 4.78 is 9.62. The van der Waals surface area contributed by atoms with Gasteiger partial charge in [-0.25, -0.2) is 19.7 Å². The molecule has 0 aliphatic carbocycles. The van der Waals surface area contributed by atoms with Crippen LogP contribution in [0.1, 0.15) is 12.8 Å². The Morgan fingerprint density at radius 1 is 1.11 bits per heavy atom. The molecule has 1 N–H and O–H groups in total. The zero-order valence-electron chi connectivity index (χ0n) is 21.4. The van der Waals surface area contributed by atoms with E-state index in [1.54, 1.807) is 24.7 Å². The van der Waals surface area contributed by atoms with Crippen molar-refractivity contribution in [3.63, 3.8) is 0 Å².